The number of likely N-dealkylation sites (tertiary alicyclic amines) is 1. The van der Waals surface area contributed by atoms with E-state index in [1.807, 2.05) is 30.3 Å². The Kier molecular flexibility index (Phi) is 8.88. The van der Waals surface area contributed by atoms with Crippen molar-refractivity contribution < 1.29 is 28.2 Å². The second kappa shape index (κ2) is 13.3. The van der Waals surface area contributed by atoms with Gasteiger partial charge in [0.15, 0.2) is 18.1 Å². The van der Waals surface area contributed by atoms with Crippen LogP contribution in [-0.2, 0) is 29.1 Å². The Balaban J connectivity index is 1.26. The zero-order chi connectivity index (χ0) is 30.5. The molecular weight excluding hydrogens is 563 g/mol. The number of fused-ring (bicyclic) bond motifs is 6. The topological polar surface area (TPSA) is 102 Å². The summed E-state index contributed by atoms with van der Waals surface area (Å²) in [6, 6.07) is 19.6. The van der Waals surface area contributed by atoms with Gasteiger partial charge < -0.3 is 24.8 Å². The van der Waals surface area contributed by atoms with E-state index in [0.717, 1.165) is 22.0 Å². The Morgan fingerprint density at radius 3 is 2.80 bits per heavy atom. The summed E-state index contributed by atoms with van der Waals surface area (Å²) in [7, 11) is 1.54. The lowest BCUT2D eigenvalue weighted by Gasteiger charge is -2.39. The average molecular weight is 599 g/mol. The van der Waals surface area contributed by atoms with E-state index in [-0.39, 0.29) is 31.4 Å². The zero-order valence-corrected chi connectivity index (χ0v) is 24.6. The number of hydrogen-bond acceptors (Lipinski definition) is 7. The number of amides is 2. The van der Waals surface area contributed by atoms with Crippen molar-refractivity contribution in [3.8, 4) is 17.2 Å². The summed E-state index contributed by atoms with van der Waals surface area (Å²) in [6.45, 7) is 1.80. The third-order valence-corrected chi connectivity index (χ3v) is 8.03. The Bertz CT molecular complexity index is 1660. The molecule has 4 bridgehead atoms. The number of piperidine rings is 1. The van der Waals surface area contributed by atoms with Crippen LogP contribution in [0.2, 0.25) is 0 Å². The smallest absolute Gasteiger partial charge is 0.258 e. The number of methoxy groups -OCH3 is 1. The van der Waals surface area contributed by atoms with Crippen LogP contribution in [0.4, 0.5) is 4.39 Å². The lowest BCUT2D eigenvalue weighted by atomic mass is 10.00. The standard InChI is InChI=1S/C34H35FN4O5/c1-42-30-9-7-22-8-10-32(40)37-18-23-14-26(35)17-27(15-23)44-29-11-13-39(20-28(29)38-33(41)21-43-31(30)16-22)19-25-5-2-4-24-6-3-12-36-34(24)25/h2-7,9,12,14-17,28-29H,8,10-11,13,18-21H2,1H3,(H,37,40)(H,38,41)/t28-,29-/m1/s1. The van der Waals surface area contributed by atoms with Crippen molar-refractivity contribution in [1.82, 2.24) is 20.5 Å². The molecule has 0 unspecified atom stereocenters. The maximum Gasteiger partial charge on any atom is 0.258 e. The molecule has 1 fully saturated rings. The second-order valence-corrected chi connectivity index (χ2v) is 11.2. The van der Waals surface area contributed by atoms with Gasteiger partial charge in [0, 0.05) is 50.2 Å². The number of hydrogen-bond donors (Lipinski definition) is 2. The molecule has 0 spiro atoms. The number of carbonyl (C=O) groups is 2. The summed E-state index contributed by atoms with van der Waals surface area (Å²) in [5.41, 5.74) is 3.51. The fourth-order valence-corrected chi connectivity index (χ4v) is 5.85. The minimum absolute atomic E-state index is 0.163. The zero-order valence-electron chi connectivity index (χ0n) is 24.6. The Labute approximate surface area is 255 Å². The molecule has 228 valence electrons. The van der Waals surface area contributed by atoms with Crippen molar-refractivity contribution in [2.75, 3.05) is 26.8 Å². The Morgan fingerprint density at radius 1 is 1.02 bits per heavy atom. The molecule has 3 aromatic carbocycles. The first-order valence-corrected chi connectivity index (χ1v) is 14.8. The fraction of sp³-hybridized carbons (Fsp3) is 0.324. The van der Waals surface area contributed by atoms with Crippen LogP contribution in [0, 0.1) is 5.82 Å². The van der Waals surface area contributed by atoms with E-state index in [2.05, 4.69) is 26.6 Å². The summed E-state index contributed by atoms with van der Waals surface area (Å²) in [5, 5.41) is 7.05. The Hall–Kier alpha value is -4.70. The molecule has 2 aliphatic rings. The highest BCUT2D eigenvalue weighted by atomic mass is 19.1. The lowest BCUT2D eigenvalue weighted by molar-refractivity contribution is -0.125. The molecule has 0 radical (unpaired) electrons. The van der Waals surface area contributed by atoms with Crippen LogP contribution >= 0.6 is 0 Å². The summed E-state index contributed by atoms with van der Waals surface area (Å²) in [6.07, 6.45) is 2.67. The predicted octanol–water partition coefficient (Wildman–Crippen LogP) is 4.16. The maximum atomic E-state index is 14.6. The van der Waals surface area contributed by atoms with E-state index in [1.54, 1.807) is 24.4 Å². The van der Waals surface area contributed by atoms with Crippen LogP contribution in [0.5, 0.6) is 17.2 Å². The molecule has 9 nitrogen and oxygen atoms in total. The van der Waals surface area contributed by atoms with Crippen molar-refractivity contribution in [3.63, 3.8) is 0 Å². The van der Waals surface area contributed by atoms with Crippen molar-refractivity contribution in [2.45, 2.75) is 44.5 Å². The largest absolute Gasteiger partial charge is 0.493 e. The van der Waals surface area contributed by atoms with Gasteiger partial charge in [0.2, 0.25) is 5.91 Å². The van der Waals surface area contributed by atoms with E-state index in [9.17, 15) is 14.0 Å². The van der Waals surface area contributed by atoms with Crippen molar-refractivity contribution in [3.05, 3.63) is 95.4 Å². The van der Waals surface area contributed by atoms with Gasteiger partial charge in [0.05, 0.1) is 18.7 Å². The summed E-state index contributed by atoms with van der Waals surface area (Å²) < 4.78 is 32.3. The van der Waals surface area contributed by atoms with E-state index in [0.29, 0.717) is 55.3 Å². The molecule has 44 heavy (non-hydrogen) atoms. The van der Waals surface area contributed by atoms with Crippen LogP contribution in [-0.4, -0.2) is 60.7 Å². The number of ether oxygens (including phenoxy) is 3. The van der Waals surface area contributed by atoms with Gasteiger partial charge >= 0.3 is 0 Å². The number of pyridine rings is 1. The van der Waals surface area contributed by atoms with Gasteiger partial charge in [-0.25, -0.2) is 4.39 Å². The molecule has 1 saturated heterocycles. The SMILES string of the molecule is COc1ccc2cc1OCC(=O)N[C@@H]1CN(Cc3cccc4cccnc34)CC[C@H]1Oc1cc(F)cc(c1)CNC(=O)CC2. The first kappa shape index (κ1) is 29.4. The molecule has 0 aliphatic carbocycles. The number of rotatable bonds is 3. The van der Waals surface area contributed by atoms with Crippen LogP contribution in [0.1, 0.15) is 29.5 Å². The molecule has 2 atom stereocenters. The molecule has 2 amide bonds. The molecular formula is C34H35FN4O5. The minimum atomic E-state index is -0.457. The molecule has 2 aliphatic heterocycles. The maximum absolute atomic E-state index is 14.6. The van der Waals surface area contributed by atoms with E-state index in [4.69, 9.17) is 14.2 Å². The number of halogens is 1. The van der Waals surface area contributed by atoms with Gasteiger partial charge in [0.25, 0.3) is 5.91 Å². The molecule has 0 saturated carbocycles. The molecule has 3 heterocycles. The monoisotopic (exact) mass is 598 g/mol. The Morgan fingerprint density at radius 2 is 1.91 bits per heavy atom. The summed E-state index contributed by atoms with van der Waals surface area (Å²) in [4.78, 5) is 32.7. The highest BCUT2D eigenvalue weighted by molar-refractivity contribution is 5.81. The van der Waals surface area contributed by atoms with Crippen molar-refractivity contribution in [2.24, 2.45) is 0 Å². The number of nitrogens with one attached hydrogen (secondary N) is 2. The van der Waals surface area contributed by atoms with Gasteiger partial charge in [-0.05, 0) is 59.9 Å². The van der Waals surface area contributed by atoms with Gasteiger partial charge in [-0.3, -0.25) is 19.5 Å². The number of aryl methyl sites for hydroxylation is 1. The van der Waals surface area contributed by atoms with Crippen molar-refractivity contribution >= 4 is 22.7 Å². The van der Waals surface area contributed by atoms with Gasteiger partial charge in [-0.1, -0.05) is 30.3 Å². The molecule has 10 heteroatoms. The first-order valence-electron chi connectivity index (χ1n) is 14.8. The molecule has 2 N–H and O–H groups in total. The van der Waals surface area contributed by atoms with Crippen LogP contribution in [0.15, 0.2) is 72.9 Å². The number of aromatic nitrogens is 1. The van der Waals surface area contributed by atoms with E-state index >= 15 is 0 Å². The van der Waals surface area contributed by atoms with Gasteiger partial charge in [-0.15, -0.1) is 0 Å². The quantitative estimate of drug-likeness (QED) is 0.365. The lowest BCUT2D eigenvalue weighted by Crippen LogP contribution is -2.57. The van der Waals surface area contributed by atoms with E-state index < -0.39 is 18.0 Å². The van der Waals surface area contributed by atoms with Crippen molar-refractivity contribution in [1.29, 1.82) is 0 Å². The summed E-state index contributed by atoms with van der Waals surface area (Å²) in [5.74, 6) is 0.335. The number of para-hydroxylation sites is 1. The normalized spacial score (nSPS) is 19.8. The number of benzene rings is 3. The van der Waals surface area contributed by atoms with E-state index in [1.165, 1.54) is 19.2 Å². The first-order chi connectivity index (χ1) is 21.4. The third kappa shape index (κ3) is 7.08. The second-order valence-electron chi connectivity index (χ2n) is 11.2. The van der Waals surface area contributed by atoms with Crippen LogP contribution in [0.25, 0.3) is 10.9 Å². The van der Waals surface area contributed by atoms with Crippen LogP contribution < -0.4 is 24.8 Å². The fourth-order valence-electron chi connectivity index (χ4n) is 5.85. The van der Waals surface area contributed by atoms with Gasteiger partial charge in [-0.2, -0.15) is 0 Å². The van der Waals surface area contributed by atoms with Gasteiger partial charge in [0.1, 0.15) is 17.7 Å². The molecule has 6 rings (SSSR count). The molecule has 4 aromatic rings. The third-order valence-electron chi connectivity index (χ3n) is 8.03. The highest BCUT2D eigenvalue weighted by Crippen LogP contribution is 2.29. The number of nitrogens with zero attached hydrogens (tertiary/aromatic N) is 2. The highest BCUT2D eigenvalue weighted by Gasteiger charge is 2.33. The predicted molar refractivity (Wildman–Crippen MR) is 163 cm³/mol. The minimum Gasteiger partial charge on any atom is -0.493 e. The average Bonchev–Trinajstić information content (AvgIpc) is 3.02. The summed E-state index contributed by atoms with van der Waals surface area (Å²) >= 11 is 0. The molecule has 1 aromatic heterocycles. The van der Waals surface area contributed by atoms with Crippen LogP contribution in [0.3, 0.4) is 0 Å². The number of carbonyl (C=O) groups excluding carboxylic acids is 2.